The molecule has 5 aromatic carbocycles. The first kappa shape index (κ1) is 21.8. The third-order valence-corrected chi connectivity index (χ3v) is 7.85. The van der Waals surface area contributed by atoms with Crippen LogP contribution < -0.4 is 0 Å². The van der Waals surface area contributed by atoms with Gasteiger partial charge in [-0.15, -0.1) is 0 Å². The quantitative estimate of drug-likeness (QED) is 0.249. The smallest absolute Gasteiger partial charge is 0.0728 e. The standard InChI is InChI=1S/C36H27N/c1-36(2)30-20-12-11-19-29(30)34-31(36)21-26-17-9-10-18-28(26)35(34)33-23-27(24-13-5-3-6-14-24)22-32(37-33)25-15-7-4-8-16-25/h3-23H,1-2H3. The van der Waals surface area contributed by atoms with E-state index in [-0.39, 0.29) is 5.41 Å². The van der Waals surface area contributed by atoms with Crippen LogP contribution in [0, 0.1) is 0 Å². The van der Waals surface area contributed by atoms with Crippen LogP contribution >= 0.6 is 0 Å². The van der Waals surface area contributed by atoms with E-state index < -0.39 is 0 Å². The highest BCUT2D eigenvalue weighted by Crippen LogP contribution is 2.54. The number of benzene rings is 5. The van der Waals surface area contributed by atoms with E-state index in [4.69, 9.17) is 4.98 Å². The summed E-state index contributed by atoms with van der Waals surface area (Å²) in [5, 5.41) is 2.50. The summed E-state index contributed by atoms with van der Waals surface area (Å²) in [5.74, 6) is 0. The van der Waals surface area contributed by atoms with Crippen molar-refractivity contribution < 1.29 is 0 Å². The highest BCUT2D eigenvalue weighted by Gasteiger charge is 2.37. The topological polar surface area (TPSA) is 12.9 Å². The van der Waals surface area contributed by atoms with Crippen molar-refractivity contribution >= 4 is 10.8 Å². The van der Waals surface area contributed by atoms with Crippen molar-refractivity contribution in [1.82, 2.24) is 4.98 Å². The molecule has 1 heterocycles. The van der Waals surface area contributed by atoms with Crippen molar-refractivity contribution in [2.45, 2.75) is 19.3 Å². The van der Waals surface area contributed by atoms with E-state index >= 15 is 0 Å². The Balaban J connectivity index is 1.61. The molecule has 0 amide bonds. The fourth-order valence-corrected chi connectivity index (χ4v) is 5.99. The maximum atomic E-state index is 5.35. The number of fused-ring (bicyclic) bond motifs is 4. The molecule has 0 unspecified atom stereocenters. The molecule has 0 radical (unpaired) electrons. The second kappa shape index (κ2) is 8.28. The van der Waals surface area contributed by atoms with E-state index in [1.807, 2.05) is 0 Å². The molecule has 1 aromatic heterocycles. The van der Waals surface area contributed by atoms with Crippen LogP contribution in [-0.4, -0.2) is 4.98 Å². The summed E-state index contributed by atoms with van der Waals surface area (Å²) in [7, 11) is 0. The molecule has 1 nitrogen and oxygen atoms in total. The van der Waals surface area contributed by atoms with Gasteiger partial charge in [-0.05, 0) is 62.4 Å². The van der Waals surface area contributed by atoms with Crippen molar-refractivity contribution in [3.8, 4) is 44.8 Å². The van der Waals surface area contributed by atoms with Gasteiger partial charge in [0.2, 0.25) is 0 Å². The molecular formula is C36H27N. The Labute approximate surface area is 218 Å². The van der Waals surface area contributed by atoms with Crippen LogP contribution in [0.3, 0.4) is 0 Å². The summed E-state index contributed by atoms with van der Waals surface area (Å²) in [6.45, 7) is 4.69. The fraction of sp³-hybridized carbons (Fsp3) is 0.0833. The van der Waals surface area contributed by atoms with E-state index in [9.17, 15) is 0 Å². The van der Waals surface area contributed by atoms with Crippen LogP contribution in [0.1, 0.15) is 25.0 Å². The van der Waals surface area contributed by atoms with Crippen LogP contribution in [-0.2, 0) is 5.41 Å². The normalized spacial score (nSPS) is 13.4. The van der Waals surface area contributed by atoms with Crippen molar-refractivity contribution in [1.29, 1.82) is 0 Å². The molecule has 0 saturated carbocycles. The van der Waals surface area contributed by atoms with Gasteiger partial charge in [0.25, 0.3) is 0 Å². The predicted octanol–water partition coefficient (Wildman–Crippen LogP) is 9.54. The molecule has 0 N–H and O–H groups in total. The van der Waals surface area contributed by atoms with Gasteiger partial charge in [-0.1, -0.05) is 123 Å². The number of rotatable bonds is 3. The highest BCUT2D eigenvalue weighted by atomic mass is 14.7. The number of nitrogens with zero attached hydrogens (tertiary/aromatic N) is 1. The maximum absolute atomic E-state index is 5.35. The van der Waals surface area contributed by atoms with Gasteiger partial charge < -0.3 is 0 Å². The first-order valence-corrected chi connectivity index (χ1v) is 12.9. The molecule has 37 heavy (non-hydrogen) atoms. The van der Waals surface area contributed by atoms with Crippen molar-refractivity contribution in [3.63, 3.8) is 0 Å². The summed E-state index contributed by atoms with van der Waals surface area (Å²) in [5.41, 5.74) is 12.0. The SMILES string of the molecule is CC1(C)c2ccccc2-c2c1cc1ccccc1c2-c1cc(-c2ccccc2)cc(-c2ccccc2)n1. The Morgan fingerprint density at radius 2 is 1.11 bits per heavy atom. The predicted molar refractivity (Wildman–Crippen MR) is 156 cm³/mol. The number of pyridine rings is 1. The average molecular weight is 474 g/mol. The lowest BCUT2D eigenvalue weighted by molar-refractivity contribution is 0.661. The van der Waals surface area contributed by atoms with E-state index in [2.05, 4.69) is 141 Å². The zero-order valence-corrected chi connectivity index (χ0v) is 21.1. The van der Waals surface area contributed by atoms with E-state index in [1.54, 1.807) is 0 Å². The monoisotopic (exact) mass is 473 g/mol. The molecule has 0 bridgehead atoms. The van der Waals surface area contributed by atoms with Gasteiger partial charge in [-0.25, -0.2) is 4.98 Å². The van der Waals surface area contributed by atoms with Gasteiger partial charge in [-0.3, -0.25) is 0 Å². The summed E-state index contributed by atoms with van der Waals surface area (Å²) < 4.78 is 0. The zero-order chi connectivity index (χ0) is 25.0. The molecule has 0 aliphatic heterocycles. The number of hydrogen-bond donors (Lipinski definition) is 0. The Bertz CT molecular complexity index is 1720. The fourth-order valence-electron chi connectivity index (χ4n) is 5.99. The average Bonchev–Trinajstić information content (AvgIpc) is 3.19. The highest BCUT2D eigenvalue weighted by molar-refractivity contribution is 6.08. The van der Waals surface area contributed by atoms with Crippen LogP contribution in [0.2, 0.25) is 0 Å². The lowest BCUT2D eigenvalue weighted by Crippen LogP contribution is -2.15. The van der Waals surface area contributed by atoms with Gasteiger partial charge in [0.05, 0.1) is 11.4 Å². The molecule has 1 aliphatic carbocycles. The molecule has 0 spiro atoms. The van der Waals surface area contributed by atoms with Gasteiger partial charge in [0, 0.05) is 16.5 Å². The van der Waals surface area contributed by atoms with E-state index in [0.29, 0.717) is 0 Å². The molecule has 1 aliphatic rings. The number of aromatic nitrogens is 1. The van der Waals surface area contributed by atoms with Gasteiger partial charge in [0.1, 0.15) is 0 Å². The first-order valence-electron chi connectivity index (χ1n) is 12.9. The molecule has 1 heteroatoms. The van der Waals surface area contributed by atoms with Crippen molar-refractivity contribution in [2.24, 2.45) is 0 Å². The molecular weight excluding hydrogens is 446 g/mol. The molecule has 0 fully saturated rings. The van der Waals surface area contributed by atoms with Gasteiger partial charge in [0.15, 0.2) is 0 Å². The minimum atomic E-state index is -0.0794. The second-order valence-corrected chi connectivity index (χ2v) is 10.4. The maximum Gasteiger partial charge on any atom is 0.0728 e. The minimum Gasteiger partial charge on any atom is -0.248 e. The van der Waals surface area contributed by atoms with E-state index in [1.165, 1.54) is 49.7 Å². The lowest BCUT2D eigenvalue weighted by Gasteiger charge is -2.23. The summed E-state index contributed by atoms with van der Waals surface area (Å²) >= 11 is 0. The van der Waals surface area contributed by atoms with Crippen LogP contribution in [0.25, 0.3) is 55.5 Å². The first-order chi connectivity index (χ1) is 18.1. The molecule has 0 atom stereocenters. The lowest BCUT2D eigenvalue weighted by atomic mass is 9.81. The number of hydrogen-bond acceptors (Lipinski definition) is 1. The third kappa shape index (κ3) is 3.42. The van der Waals surface area contributed by atoms with Gasteiger partial charge in [-0.2, -0.15) is 0 Å². The van der Waals surface area contributed by atoms with Crippen molar-refractivity contribution in [3.05, 3.63) is 139 Å². The summed E-state index contributed by atoms with van der Waals surface area (Å²) in [6, 6.07) is 45.7. The molecule has 0 saturated heterocycles. The third-order valence-electron chi connectivity index (χ3n) is 7.85. The Morgan fingerprint density at radius 1 is 0.486 bits per heavy atom. The Morgan fingerprint density at radius 3 is 1.89 bits per heavy atom. The zero-order valence-electron chi connectivity index (χ0n) is 21.1. The Kier molecular flexibility index (Phi) is 4.87. The van der Waals surface area contributed by atoms with Crippen LogP contribution in [0.4, 0.5) is 0 Å². The summed E-state index contributed by atoms with van der Waals surface area (Å²) in [4.78, 5) is 5.35. The Hall–Kier alpha value is -4.49. The molecule has 7 rings (SSSR count). The second-order valence-electron chi connectivity index (χ2n) is 10.4. The van der Waals surface area contributed by atoms with Crippen molar-refractivity contribution in [2.75, 3.05) is 0 Å². The van der Waals surface area contributed by atoms with E-state index in [0.717, 1.165) is 17.0 Å². The minimum absolute atomic E-state index is 0.0794. The van der Waals surface area contributed by atoms with Crippen LogP contribution in [0.5, 0.6) is 0 Å². The largest absolute Gasteiger partial charge is 0.248 e. The van der Waals surface area contributed by atoms with Crippen LogP contribution in [0.15, 0.2) is 127 Å². The molecule has 176 valence electrons. The van der Waals surface area contributed by atoms with Gasteiger partial charge >= 0.3 is 0 Å². The molecule has 6 aromatic rings. The summed E-state index contributed by atoms with van der Waals surface area (Å²) in [6.07, 6.45) is 0.